The number of nitrogens with zero attached hydrogens (tertiary/aromatic N) is 2. The van der Waals surface area contributed by atoms with E-state index in [1.165, 1.54) is 0 Å². The molecule has 0 radical (unpaired) electrons. The van der Waals surface area contributed by atoms with Crippen LogP contribution in [-0.2, 0) is 32.2 Å². The van der Waals surface area contributed by atoms with Crippen LogP contribution in [0.2, 0.25) is 0 Å². The van der Waals surface area contributed by atoms with E-state index >= 15 is 0 Å². The number of amides is 4. The summed E-state index contributed by atoms with van der Waals surface area (Å²) in [6.45, 7) is 9.37. The fourth-order valence-electron chi connectivity index (χ4n) is 4.19. The van der Waals surface area contributed by atoms with Crippen LogP contribution in [0.25, 0.3) is 0 Å². The summed E-state index contributed by atoms with van der Waals surface area (Å²) in [5.74, 6) is 0. The maximum absolute atomic E-state index is 13.1. The van der Waals surface area contributed by atoms with E-state index in [0.29, 0.717) is 90.4 Å². The van der Waals surface area contributed by atoms with Crippen LogP contribution in [0.3, 0.4) is 0 Å². The van der Waals surface area contributed by atoms with E-state index in [1.807, 2.05) is 74.5 Å². The van der Waals surface area contributed by atoms with Gasteiger partial charge in [-0.25, -0.2) is 9.59 Å². The number of benzene rings is 3. The molecule has 0 aromatic heterocycles. The molecular weight excluding hydrogens is 560 g/mol. The summed E-state index contributed by atoms with van der Waals surface area (Å²) in [7, 11) is 0. The van der Waals surface area contributed by atoms with Gasteiger partial charge in [-0.2, -0.15) is 0 Å². The van der Waals surface area contributed by atoms with E-state index in [-0.39, 0.29) is 12.1 Å². The summed E-state index contributed by atoms with van der Waals surface area (Å²) in [6, 6.07) is 26.4. The number of hydrogen-bond acceptors (Lipinski definition) is 6. The second kappa shape index (κ2) is 20.9. The Kier molecular flexibility index (Phi) is 16.4. The summed E-state index contributed by atoms with van der Waals surface area (Å²) >= 11 is 0. The van der Waals surface area contributed by atoms with Crippen molar-refractivity contribution >= 4 is 23.4 Å². The highest BCUT2D eigenvalue weighted by Crippen LogP contribution is 2.15. The molecule has 0 spiro atoms. The average Bonchev–Trinajstić information content (AvgIpc) is 3.05. The third-order valence-corrected chi connectivity index (χ3v) is 6.62. The van der Waals surface area contributed by atoms with Gasteiger partial charge in [0.05, 0.1) is 39.6 Å². The first-order valence-electron chi connectivity index (χ1n) is 15.2. The largest absolute Gasteiger partial charge is 0.380 e. The van der Waals surface area contributed by atoms with E-state index in [2.05, 4.69) is 10.6 Å². The van der Waals surface area contributed by atoms with Crippen molar-refractivity contribution < 1.29 is 28.5 Å². The highest BCUT2D eigenvalue weighted by Gasteiger charge is 2.16. The summed E-state index contributed by atoms with van der Waals surface area (Å²) in [5, 5.41) is 5.87. The Bertz CT molecular complexity index is 1100. The molecule has 2 N–H and O–H groups in total. The minimum Gasteiger partial charge on any atom is -0.380 e. The van der Waals surface area contributed by atoms with Gasteiger partial charge in [-0.1, -0.05) is 60.7 Å². The first kappa shape index (κ1) is 34.5. The minimum atomic E-state index is -0.248. The number of rotatable bonds is 20. The molecule has 4 amide bonds. The van der Waals surface area contributed by atoms with Crippen LogP contribution < -0.4 is 10.6 Å². The van der Waals surface area contributed by atoms with Gasteiger partial charge < -0.3 is 39.4 Å². The molecule has 0 heterocycles. The van der Waals surface area contributed by atoms with Gasteiger partial charge >= 0.3 is 12.1 Å². The standard InChI is InChI=1S/C34H46N4O6/c1-3-41-23-19-37(21-25-43-27-29-11-7-5-8-12-29)33(39)35-31-15-17-32(18-16-31)36-34(40)38(20-24-42-4-2)22-26-44-28-30-13-9-6-10-14-30/h5-18H,3-4,19-28H2,1-2H3,(H,35,39)(H,36,40). The van der Waals surface area contributed by atoms with Crippen molar-refractivity contribution in [3.63, 3.8) is 0 Å². The molecule has 0 atom stereocenters. The van der Waals surface area contributed by atoms with Crippen LogP contribution in [0.1, 0.15) is 25.0 Å². The zero-order chi connectivity index (χ0) is 31.2. The lowest BCUT2D eigenvalue weighted by molar-refractivity contribution is 0.0841. The molecule has 10 nitrogen and oxygen atoms in total. The average molecular weight is 607 g/mol. The lowest BCUT2D eigenvalue weighted by atomic mass is 10.2. The van der Waals surface area contributed by atoms with Crippen molar-refractivity contribution in [2.75, 3.05) is 76.5 Å². The number of urea groups is 2. The lowest BCUT2D eigenvalue weighted by Gasteiger charge is -2.24. The molecule has 0 aliphatic heterocycles. The van der Waals surface area contributed by atoms with Crippen molar-refractivity contribution in [3.8, 4) is 0 Å². The Hall–Kier alpha value is -3.96. The molecule has 3 aromatic rings. The molecular formula is C34H46N4O6. The van der Waals surface area contributed by atoms with Gasteiger partial charge in [-0.15, -0.1) is 0 Å². The smallest absolute Gasteiger partial charge is 0.321 e. The molecule has 3 rings (SSSR count). The SMILES string of the molecule is CCOCCN(CCOCc1ccccc1)C(=O)Nc1ccc(NC(=O)N(CCOCC)CCOCc2ccccc2)cc1. The van der Waals surface area contributed by atoms with Gasteiger partial charge in [0.2, 0.25) is 0 Å². The molecule has 0 saturated heterocycles. The van der Waals surface area contributed by atoms with Gasteiger partial charge in [0.25, 0.3) is 0 Å². The maximum atomic E-state index is 13.1. The molecule has 0 fully saturated rings. The molecule has 0 aliphatic rings. The highest BCUT2D eigenvalue weighted by atomic mass is 16.5. The fraction of sp³-hybridized carbons (Fsp3) is 0.412. The summed E-state index contributed by atoms with van der Waals surface area (Å²) < 4.78 is 22.5. The van der Waals surface area contributed by atoms with E-state index in [4.69, 9.17) is 18.9 Å². The van der Waals surface area contributed by atoms with Gasteiger partial charge in [-0.05, 0) is 49.2 Å². The van der Waals surface area contributed by atoms with E-state index in [9.17, 15) is 9.59 Å². The predicted molar refractivity (Wildman–Crippen MR) is 173 cm³/mol. The van der Waals surface area contributed by atoms with Gasteiger partial charge in [0, 0.05) is 50.8 Å². The summed E-state index contributed by atoms with van der Waals surface area (Å²) in [6.07, 6.45) is 0. The zero-order valence-corrected chi connectivity index (χ0v) is 25.9. The van der Waals surface area contributed by atoms with Crippen molar-refractivity contribution in [2.45, 2.75) is 27.1 Å². The Balaban J connectivity index is 1.48. The van der Waals surface area contributed by atoms with Crippen molar-refractivity contribution in [2.24, 2.45) is 0 Å². The first-order valence-corrected chi connectivity index (χ1v) is 15.2. The van der Waals surface area contributed by atoms with Crippen LogP contribution >= 0.6 is 0 Å². The lowest BCUT2D eigenvalue weighted by Crippen LogP contribution is -2.40. The number of ether oxygens (including phenoxy) is 4. The van der Waals surface area contributed by atoms with Crippen molar-refractivity contribution in [1.82, 2.24) is 9.80 Å². The number of nitrogens with one attached hydrogen (secondary N) is 2. The summed E-state index contributed by atoms with van der Waals surface area (Å²) in [4.78, 5) is 29.5. The number of anilines is 2. The maximum Gasteiger partial charge on any atom is 0.321 e. The normalized spacial score (nSPS) is 10.8. The number of hydrogen-bond donors (Lipinski definition) is 2. The number of carbonyl (C=O) groups excluding carboxylic acids is 2. The van der Waals surface area contributed by atoms with Crippen molar-refractivity contribution in [1.29, 1.82) is 0 Å². The Labute approximate surface area is 261 Å². The minimum absolute atomic E-state index is 0.248. The molecule has 3 aromatic carbocycles. The first-order chi connectivity index (χ1) is 21.6. The van der Waals surface area contributed by atoms with Crippen LogP contribution in [0.15, 0.2) is 84.9 Å². The van der Waals surface area contributed by atoms with Gasteiger partial charge in [-0.3, -0.25) is 0 Å². The quantitative estimate of drug-likeness (QED) is 0.156. The Morgan fingerprint density at radius 1 is 0.523 bits per heavy atom. The predicted octanol–water partition coefficient (Wildman–Crippen LogP) is 5.86. The summed E-state index contributed by atoms with van der Waals surface area (Å²) in [5.41, 5.74) is 3.39. The molecule has 238 valence electrons. The third kappa shape index (κ3) is 13.6. The highest BCUT2D eigenvalue weighted by molar-refractivity contribution is 5.91. The molecule has 44 heavy (non-hydrogen) atoms. The Morgan fingerprint density at radius 2 is 0.864 bits per heavy atom. The number of carbonyl (C=O) groups is 2. The Morgan fingerprint density at radius 3 is 1.20 bits per heavy atom. The molecule has 0 aliphatic carbocycles. The molecule has 0 saturated carbocycles. The second-order valence-electron chi connectivity index (χ2n) is 9.88. The van der Waals surface area contributed by atoms with E-state index in [1.54, 1.807) is 34.1 Å². The van der Waals surface area contributed by atoms with Crippen LogP contribution in [-0.4, -0.2) is 87.7 Å². The molecule has 0 unspecified atom stereocenters. The van der Waals surface area contributed by atoms with Crippen LogP contribution in [0.4, 0.5) is 21.0 Å². The van der Waals surface area contributed by atoms with E-state index in [0.717, 1.165) is 11.1 Å². The molecule has 10 heteroatoms. The third-order valence-electron chi connectivity index (χ3n) is 6.62. The van der Waals surface area contributed by atoms with Gasteiger partial charge in [0.1, 0.15) is 0 Å². The van der Waals surface area contributed by atoms with Crippen LogP contribution in [0.5, 0.6) is 0 Å². The van der Waals surface area contributed by atoms with Gasteiger partial charge in [0.15, 0.2) is 0 Å². The molecule has 0 bridgehead atoms. The fourth-order valence-corrected chi connectivity index (χ4v) is 4.19. The monoisotopic (exact) mass is 606 g/mol. The van der Waals surface area contributed by atoms with E-state index < -0.39 is 0 Å². The van der Waals surface area contributed by atoms with Crippen molar-refractivity contribution in [3.05, 3.63) is 96.1 Å². The zero-order valence-electron chi connectivity index (χ0n) is 25.9. The van der Waals surface area contributed by atoms with Crippen LogP contribution in [0, 0.1) is 0 Å². The second-order valence-corrected chi connectivity index (χ2v) is 9.88. The topological polar surface area (TPSA) is 102 Å².